The van der Waals surface area contributed by atoms with Crippen LogP contribution in [0, 0.1) is 12.8 Å². The molecular formula is C25H33N3O3S. The van der Waals surface area contributed by atoms with Gasteiger partial charge in [-0.15, -0.1) is 0 Å². The summed E-state index contributed by atoms with van der Waals surface area (Å²) in [6.45, 7) is 4.81. The molecule has 2 N–H and O–H groups in total. The van der Waals surface area contributed by atoms with Crippen LogP contribution in [0.2, 0.25) is 0 Å². The van der Waals surface area contributed by atoms with Crippen LogP contribution in [-0.4, -0.2) is 45.4 Å². The quantitative estimate of drug-likeness (QED) is 0.639. The molecule has 1 atom stereocenters. The largest absolute Gasteiger partial charge is 0.326 e. The minimum Gasteiger partial charge on any atom is -0.326 e. The average molecular weight is 456 g/mol. The van der Waals surface area contributed by atoms with Gasteiger partial charge in [0, 0.05) is 31.7 Å². The first-order valence-electron chi connectivity index (χ1n) is 11.6. The van der Waals surface area contributed by atoms with Crippen LogP contribution < -0.4 is 10.0 Å². The van der Waals surface area contributed by atoms with Crippen molar-refractivity contribution in [3.05, 3.63) is 59.2 Å². The van der Waals surface area contributed by atoms with E-state index >= 15 is 0 Å². The van der Waals surface area contributed by atoms with E-state index in [-0.39, 0.29) is 11.8 Å². The van der Waals surface area contributed by atoms with Crippen molar-refractivity contribution in [2.75, 3.05) is 31.5 Å². The van der Waals surface area contributed by atoms with E-state index in [2.05, 4.69) is 27.1 Å². The fraction of sp³-hybridized carbons (Fsp3) is 0.480. The molecule has 4 rings (SSSR count). The van der Waals surface area contributed by atoms with Crippen LogP contribution in [0.15, 0.2) is 47.4 Å². The third kappa shape index (κ3) is 5.97. The second-order valence-electron chi connectivity index (χ2n) is 9.11. The fourth-order valence-electron chi connectivity index (χ4n) is 4.68. The predicted octanol–water partition coefficient (Wildman–Crippen LogP) is 3.50. The second-order valence-corrected chi connectivity index (χ2v) is 10.9. The third-order valence-corrected chi connectivity index (χ3v) is 7.97. The average Bonchev–Trinajstić information content (AvgIpc) is 3.25. The van der Waals surface area contributed by atoms with Gasteiger partial charge in [-0.25, -0.2) is 13.1 Å². The number of benzene rings is 2. The van der Waals surface area contributed by atoms with Gasteiger partial charge in [0.15, 0.2) is 0 Å². The Morgan fingerprint density at radius 2 is 1.84 bits per heavy atom. The lowest BCUT2D eigenvalue weighted by molar-refractivity contribution is -0.116. The highest BCUT2D eigenvalue weighted by atomic mass is 32.2. The number of likely N-dealkylation sites (tertiary alicyclic amines) is 1. The van der Waals surface area contributed by atoms with Gasteiger partial charge in [-0.3, -0.25) is 4.79 Å². The molecule has 2 aromatic carbocycles. The van der Waals surface area contributed by atoms with E-state index < -0.39 is 10.0 Å². The maximum atomic E-state index is 12.5. The Kier molecular flexibility index (Phi) is 7.28. The first-order valence-corrected chi connectivity index (χ1v) is 13.1. The highest BCUT2D eigenvalue weighted by molar-refractivity contribution is 7.89. The molecule has 0 saturated carbocycles. The molecule has 1 aliphatic carbocycles. The van der Waals surface area contributed by atoms with Crippen molar-refractivity contribution in [2.24, 2.45) is 5.92 Å². The number of hydrogen-bond donors (Lipinski definition) is 2. The van der Waals surface area contributed by atoms with E-state index in [1.807, 2.05) is 25.1 Å². The summed E-state index contributed by atoms with van der Waals surface area (Å²) in [5, 5.41) is 3.03. The van der Waals surface area contributed by atoms with Crippen LogP contribution in [0.4, 0.5) is 5.69 Å². The summed E-state index contributed by atoms with van der Waals surface area (Å²) in [6, 6.07) is 13.1. The minimum atomic E-state index is -3.49. The molecule has 7 heteroatoms. The first kappa shape index (κ1) is 23.0. The van der Waals surface area contributed by atoms with Crippen molar-refractivity contribution in [3.8, 4) is 0 Å². The molecule has 2 aliphatic rings. The Labute approximate surface area is 191 Å². The molecule has 1 unspecified atom stereocenters. The summed E-state index contributed by atoms with van der Waals surface area (Å²) in [5.41, 5.74) is 4.68. The predicted molar refractivity (Wildman–Crippen MR) is 127 cm³/mol. The van der Waals surface area contributed by atoms with Crippen molar-refractivity contribution >= 4 is 21.6 Å². The summed E-state index contributed by atoms with van der Waals surface area (Å²) in [5.74, 6) is 0.286. The lowest BCUT2D eigenvalue weighted by atomic mass is 9.98. The molecule has 0 radical (unpaired) electrons. The van der Waals surface area contributed by atoms with Crippen molar-refractivity contribution < 1.29 is 13.2 Å². The van der Waals surface area contributed by atoms with E-state index in [1.54, 1.807) is 12.1 Å². The molecule has 1 aliphatic heterocycles. The van der Waals surface area contributed by atoms with Gasteiger partial charge in [0.05, 0.1) is 4.90 Å². The lowest BCUT2D eigenvalue weighted by Gasteiger charge is -2.32. The summed E-state index contributed by atoms with van der Waals surface area (Å²) >= 11 is 0. The zero-order valence-electron chi connectivity index (χ0n) is 18.8. The second kappa shape index (κ2) is 10.1. The van der Waals surface area contributed by atoms with Crippen LogP contribution in [0.3, 0.4) is 0 Å². The number of fused-ring (bicyclic) bond motifs is 1. The molecule has 2 aromatic rings. The number of hydrogen-bond acceptors (Lipinski definition) is 4. The Bertz CT molecular complexity index is 1050. The molecule has 0 aromatic heterocycles. The van der Waals surface area contributed by atoms with E-state index in [9.17, 15) is 13.2 Å². The number of amides is 1. The lowest BCUT2D eigenvalue weighted by Crippen LogP contribution is -2.41. The SMILES string of the molecule is Cc1ccc(S(=O)(=O)NCC2CCCN(CCC(=O)Nc3ccc4c(c3)CCC4)C2)cc1. The van der Waals surface area contributed by atoms with Gasteiger partial charge in [0.2, 0.25) is 15.9 Å². The number of piperidine rings is 1. The molecule has 1 amide bonds. The van der Waals surface area contributed by atoms with Crippen molar-refractivity contribution in [1.29, 1.82) is 0 Å². The van der Waals surface area contributed by atoms with Gasteiger partial charge < -0.3 is 10.2 Å². The topological polar surface area (TPSA) is 78.5 Å². The number of carbonyl (C=O) groups is 1. The van der Waals surface area contributed by atoms with Crippen LogP contribution in [-0.2, 0) is 27.7 Å². The van der Waals surface area contributed by atoms with Gasteiger partial charge in [-0.2, -0.15) is 0 Å². The molecule has 0 bridgehead atoms. The summed E-state index contributed by atoms with van der Waals surface area (Å²) < 4.78 is 27.9. The summed E-state index contributed by atoms with van der Waals surface area (Å²) in [6.07, 6.45) is 5.89. The highest BCUT2D eigenvalue weighted by Crippen LogP contribution is 2.25. The number of aryl methyl sites for hydroxylation is 3. The maximum absolute atomic E-state index is 12.5. The van der Waals surface area contributed by atoms with E-state index in [4.69, 9.17) is 0 Å². The van der Waals surface area contributed by atoms with Crippen LogP contribution in [0.1, 0.15) is 42.4 Å². The highest BCUT2D eigenvalue weighted by Gasteiger charge is 2.23. The number of carbonyl (C=O) groups excluding carboxylic acids is 1. The molecule has 32 heavy (non-hydrogen) atoms. The Balaban J connectivity index is 1.22. The summed E-state index contributed by atoms with van der Waals surface area (Å²) in [4.78, 5) is 15.0. The summed E-state index contributed by atoms with van der Waals surface area (Å²) in [7, 11) is -3.49. The standard InChI is InChI=1S/C25H33N3O3S/c1-19-7-11-24(12-8-19)32(30,31)26-17-20-4-3-14-28(18-20)15-13-25(29)27-23-10-9-21-5-2-6-22(21)16-23/h7-12,16,20,26H,2-6,13-15,17-18H2,1H3,(H,27,29). The van der Waals surface area contributed by atoms with E-state index in [0.717, 1.165) is 50.0 Å². The van der Waals surface area contributed by atoms with E-state index in [1.165, 1.54) is 17.5 Å². The monoisotopic (exact) mass is 455 g/mol. The maximum Gasteiger partial charge on any atom is 0.240 e. The molecule has 1 heterocycles. The molecule has 172 valence electrons. The number of sulfonamides is 1. The minimum absolute atomic E-state index is 0.0325. The third-order valence-electron chi connectivity index (χ3n) is 6.53. The van der Waals surface area contributed by atoms with Gasteiger partial charge >= 0.3 is 0 Å². The number of anilines is 1. The number of rotatable bonds is 8. The van der Waals surface area contributed by atoms with Crippen LogP contribution >= 0.6 is 0 Å². The van der Waals surface area contributed by atoms with Crippen molar-refractivity contribution in [3.63, 3.8) is 0 Å². The fourth-order valence-corrected chi connectivity index (χ4v) is 5.80. The molecule has 0 spiro atoms. The van der Waals surface area contributed by atoms with Crippen molar-refractivity contribution in [1.82, 2.24) is 9.62 Å². The van der Waals surface area contributed by atoms with Gasteiger partial charge in [-0.05, 0) is 86.9 Å². The van der Waals surface area contributed by atoms with Gasteiger partial charge in [0.25, 0.3) is 0 Å². The van der Waals surface area contributed by atoms with Crippen molar-refractivity contribution in [2.45, 2.75) is 50.3 Å². The molecule has 1 saturated heterocycles. The molecule has 6 nitrogen and oxygen atoms in total. The Hall–Kier alpha value is -2.22. The first-order chi connectivity index (χ1) is 15.4. The van der Waals surface area contributed by atoms with Crippen LogP contribution in [0.25, 0.3) is 0 Å². The zero-order valence-corrected chi connectivity index (χ0v) is 19.6. The van der Waals surface area contributed by atoms with Crippen LogP contribution in [0.5, 0.6) is 0 Å². The Morgan fingerprint density at radius 1 is 1.06 bits per heavy atom. The zero-order chi connectivity index (χ0) is 22.6. The van der Waals surface area contributed by atoms with Gasteiger partial charge in [0.1, 0.15) is 0 Å². The molecule has 1 fully saturated rings. The number of nitrogens with one attached hydrogen (secondary N) is 2. The van der Waals surface area contributed by atoms with E-state index in [0.29, 0.717) is 24.4 Å². The smallest absolute Gasteiger partial charge is 0.240 e. The van der Waals surface area contributed by atoms with Gasteiger partial charge in [-0.1, -0.05) is 23.8 Å². The molecular weight excluding hydrogens is 422 g/mol. The number of nitrogens with zero attached hydrogens (tertiary/aromatic N) is 1. The normalized spacial score (nSPS) is 19.0. The Morgan fingerprint density at radius 3 is 2.66 bits per heavy atom.